The normalized spacial score (nSPS) is 11.1. The summed E-state index contributed by atoms with van der Waals surface area (Å²) in [6, 6.07) is 10.3. The van der Waals surface area contributed by atoms with Crippen LogP contribution in [-0.4, -0.2) is 35.6 Å². The van der Waals surface area contributed by atoms with E-state index in [0.29, 0.717) is 54.3 Å². The van der Waals surface area contributed by atoms with E-state index >= 15 is 0 Å². The number of hydrogen-bond donors (Lipinski definition) is 2. The maximum Gasteiger partial charge on any atom is 0.295 e. The van der Waals surface area contributed by atoms with Crippen LogP contribution in [-0.2, 0) is 6.42 Å². The summed E-state index contributed by atoms with van der Waals surface area (Å²) >= 11 is 0. The molecule has 0 unspecified atom stereocenters. The Bertz CT molecular complexity index is 988. The van der Waals surface area contributed by atoms with Gasteiger partial charge >= 0.3 is 0 Å². The lowest BCUT2D eigenvalue weighted by Crippen LogP contribution is -2.25. The molecule has 3 rings (SSSR count). The zero-order chi connectivity index (χ0) is 20.8. The molecule has 0 saturated heterocycles. The van der Waals surface area contributed by atoms with Gasteiger partial charge in [0.15, 0.2) is 17.3 Å². The van der Waals surface area contributed by atoms with Gasteiger partial charge in [0.25, 0.3) is 12.3 Å². The third-order valence-corrected chi connectivity index (χ3v) is 4.28. The molecule has 0 spiro atoms. The van der Waals surface area contributed by atoms with Gasteiger partial charge in [0.05, 0.1) is 24.2 Å². The Morgan fingerprint density at radius 1 is 1.10 bits per heavy atom. The predicted molar refractivity (Wildman–Crippen MR) is 106 cm³/mol. The van der Waals surface area contributed by atoms with E-state index in [1.807, 2.05) is 32.0 Å². The summed E-state index contributed by atoms with van der Waals surface area (Å²) in [5.74, 6) is 0.685. The molecule has 2 N–H and O–H groups in total. The molecule has 0 bridgehead atoms. The summed E-state index contributed by atoms with van der Waals surface area (Å²) in [6.45, 7) is 5.32. The van der Waals surface area contributed by atoms with Crippen molar-refractivity contribution in [1.82, 2.24) is 15.3 Å². The molecule has 8 heteroatoms. The number of hydrogen-bond acceptors (Lipinski definition) is 4. The summed E-state index contributed by atoms with van der Waals surface area (Å²) in [4.78, 5) is 18.7. The smallest absolute Gasteiger partial charge is 0.295 e. The summed E-state index contributed by atoms with van der Waals surface area (Å²) in [7, 11) is 0. The third kappa shape index (κ3) is 5.01. The molecular formula is C21H23F2N3O3. The number of nitrogens with one attached hydrogen (secondary N) is 2. The van der Waals surface area contributed by atoms with E-state index in [1.54, 1.807) is 12.1 Å². The fourth-order valence-electron chi connectivity index (χ4n) is 2.95. The first-order valence-corrected chi connectivity index (χ1v) is 9.46. The Morgan fingerprint density at radius 3 is 2.59 bits per heavy atom. The third-order valence-electron chi connectivity index (χ3n) is 4.28. The van der Waals surface area contributed by atoms with Gasteiger partial charge in [-0.15, -0.1) is 0 Å². The van der Waals surface area contributed by atoms with Crippen molar-refractivity contribution in [3.8, 4) is 11.5 Å². The summed E-state index contributed by atoms with van der Waals surface area (Å²) in [5.41, 5.74) is 2.18. The number of benzene rings is 2. The van der Waals surface area contributed by atoms with Crippen molar-refractivity contribution >= 4 is 16.9 Å². The second-order valence-electron chi connectivity index (χ2n) is 6.31. The highest BCUT2D eigenvalue weighted by Gasteiger charge is 2.14. The first-order chi connectivity index (χ1) is 14.0. The lowest BCUT2D eigenvalue weighted by molar-refractivity contribution is 0.0954. The first-order valence-electron chi connectivity index (χ1n) is 9.46. The monoisotopic (exact) mass is 403 g/mol. The Labute approximate surface area is 167 Å². The number of carbonyl (C=O) groups excluding carboxylic acids is 1. The van der Waals surface area contributed by atoms with Gasteiger partial charge < -0.3 is 19.8 Å². The summed E-state index contributed by atoms with van der Waals surface area (Å²) in [6.07, 6.45) is -2.07. The van der Waals surface area contributed by atoms with E-state index in [-0.39, 0.29) is 5.91 Å². The topological polar surface area (TPSA) is 76.2 Å². The van der Waals surface area contributed by atoms with Gasteiger partial charge in [0, 0.05) is 12.1 Å². The Hall–Kier alpha value is -3.16. The number of alkyl halides is 2. The minimum absolute atomic E-state index is 0.281. The lowest BCUT2D eigenvalue weighted by atomic mass is 10.1. The average Bonchev–Trinajstić information content (AvgIpc) is 3.14. The molecule has 0 aliphatic carbocycles. The Morgan fingerprint density at radius 2 is 1.86 bits per heavy atom. The predicted octanol–water partition coefficient (Wildman–Crippen LogP) is 4.27. The van der Waals surface area contributed by atoms with Crippen LogP contribution >= 0.6 is 0 Å². The molecule has 2 aromatic carbocycles. The number of carbonyl (C=O) groups is 1. The van der Waals surface area contributed by atoms with Crippen LogP contribution in [0.5, 0.6) is 11.5 Å². The van der Waals surface area contributed by atoms with Gasteiger partial charge in [-0.1, -0.05) is 6.07 Å². The van der Waals surface area contributed by atoms with Crippen molar-refractivity contribution in [3.05, 3.63) is 53.3 Å². The molecule has 1 aromatic heterocycles. The quantitative estimate of drug-likeness (QED) is 0.559. The number of amides is 1. The molecule has 0 fully saturated rings. The number of fused-ring (bicyclic) bond motifs is 1. The zero-order valence-electron chi connectivity index (χ0n) is 16.3. The number of nitrogens with zero attached hydrogens (tertiary/aromatic N) is 1. The lowest BCUT2D eigenvalue weighted by Gasteiger charge is -2.12. The zero-order valence-corrected chi connectivity index (χ0v) is 16.3. The number of halogens is 2. The van der Waals surface area contributed by atoms with E-state index < -0.39 is 12.2 Å². The molecule has 154 valence electrons. The number of H-pyrrole nitrogens is 1. The van der Waals surface area contributed by atoms with Crippen LogP contribution in [0, 0.1) is 0 Å². The van der Waals surface area contributed by atoms with Gasteiger partial charge in [-0.05, 0) is 56.2 Å². The van der Waals surface area contributed by atoms with Crippen molar-refractivity contribution in [2.75, 3.05) is 19.8 Å². The van der Waals surface area contributed by atoms with E-state index in [1.165, 1.54) is 6.07 Å². The van der Waals surface area contributed by atoms with Crippen LogP contribution in [0.3, 0.4) is 0 Å². The highest BCUT2D eigenvalue weighted by Crippen LogP contribution is 2.28. The molecular weight excluding hydrogens is 380 g/mol. The minimum atomic E-state index is -2.68. The van der Waals surface area contributed by atoms with Crippen molar-refractivity contribution in [1.29, 1.82) is 0 Å². The standard InChI is InChI=1S/C21H23F2N3O3/c1-3-28-17-8-5-13(11-18(17)29-4-2)9-10-24-21(27)14-6-7-15-16(12-14)26-20(25-15)19(22)23/h5-8,11-12,19H,3-4,9-10H2,1-2H3,(H,24,27)(H,25,26). The number of rotatable bonds is 9. The van der Waals surface area contributed by atoms with Gasteiger partial charge in [-0.2, -0.15) is 0 Å². The van der Waals surface area contributed by atoms with Crippen molar-refractivity contribution in [3.63, 3.8) is 0 Å². The second-order valence-corrected chi connectivity index (χ2v) is 6.31. The van der Waals surface area contributed by atoms with E-state index in [0.717, 1.165) is 5.56 Å². The van der Waals surface area contributed by atoms with Crippen LogP contribution in [0.1, 0.15) is 42.0 Å². The van der Waals surface area contributed by atoms with Crippen molar-refractivity contribution in [2.24, 2.45) is 0 Å². The number of ether oxygens (including phenoxy) is 2. The van der Waals surface area contributed by atoms with Gasteiger partial charge in [0.2, 0.25) is 0 Å². The molecule has 0 aliphatic rings. The first kappa shape index (κ1) is 20.6. The fraction of sp³-hybridized carbons (Fsp3) is 0.333. The number of imidazole rings is 1. The Kier molecular flexibility index (Phi) is 6.64. The van der Waals surface area contributed by atoms with Gasteiger partial charge in [-0.3, -0.25) is 4.79 Å². The SMILES string of the molecule is CCOc1ccc(CCNC(=O)c2ccc3nc(C(F)F)[nH]c3c2)cc1OCC. The van der Waals surface area contributed by atoms with E-state index in [2.05, 4.69) is 15.3 Å². The van der Waals surface area contributed by atoms with Crippen molar-refractivity contribution < 1.29 is 23.0 Å². The largest absolute Gasteiger partial charge is 0.490 e. The van der Waals surface area contributed by atoms with E-state index in [4.69, 9.17) is 9.47 Å². The molecule has 29 heavy (non-hydrogen) atoms. The molecule has 0 aliphatic heterocycles. The molecule has 1 heterocycles. The van der Waals surface area contributed by atoms with Crippen molar-refractivity contribution in [2.45, 2.75) is 26.7 Å². The van der Waals surface area contributed by atoms with Gasteiger partial charge in [-0.25, -0.2) is 13.8 Å². The second kappa shape index (κ2) is 9.36. The summed E-state index contributed by atoms with van der Waals surface area (Å²) in [5, 5.41) is 2.84. The molecule has 3 aromatic rings. The van der Waals surface area contributed by atoms with E-state index in [9.17, 15) is 13.6 Å². The molecule has 0 saturated carbocycles. The summed E-state index contributed by atoms with van der Waals surface area (Å²) < 4.78 is 36.7. The van der Waals surface area contributed by atoms with Crippen LogP contribution in [0.2, 0.25) is 0 Å². The Balaban J connectivity index is 1.62. The highest BCUT2D eigenvalue weighted by molar-refractivity contribution is 5.97. The number of aromatic amines is 1. The fourth-order valence-corrected chi connectivity index (χ4v) is 2.95. The van der Waals surface area contributed by atoms with Crippen LogP contribution in [0.4, 0.5) is 8.78 Å². The minimum Gasteiger partial charge on any atom is -0.490 e. The number of aromatic nitrogens is 2. The molecule has 0 atom stereocenters. The van der Waals surface area contributed by atoms with Crippen LogP contribution in [0.25, 0.3) is 11.0 Å². The highest BCUT2D eigenvalue weighted by atomic mass is 19.3. The van der Waals surface area contributed by atoms with Crippen LogP contribution in [0.15, 0.2) is 36.4 Å². The molecule has 6 nitrogen and oxygen atoms in total. The maximum atomic E-state index is 12.7. The maximum absolute atomic E-state index is 12.7. The van der Waals surface area contributed by atoms with Crippen LogP contribution < -0.4 is 14.8 Å². The average molecular weight is 403 g/mol. The molecule has 0 radical (unpaired) electrons. The van der Waals surface area contributed by atoms with Gasteiger partial charge in [0.1, 0.15) is 0 Å². The molecule has 1 amide bonds.